The molecule has 0 bridgehead atoms. The molecule has 0 aromatic heterocycles. The number of hydrogen-bond acceptors (Lipinski definition) is 2. The Hall–Kier alpha value is -2.62. The van der Waals surface area contributed by atoms with Crippen molar-refractivity contribution < 1.29 is 9.59 Å². The van der Waals surface area contributed by atoms with Gasteiger partial charge in [0.05, 0.1) is 0 Å². The van der Waals surface area contributed by atoms with Gasteiger partial charge in [-0.25, -0.2) is 0 Å². The number of anilines is 1. The number of carbonyl (C=O) groups is 2. The van der Waals surface area contributed by atoms with Crippen molar-refractivity contribution in [3.63, 3.8) is 0 Å². The van der Waals surface area contributed by atoms with Crippen molar-refractivity contribution in [2.75, 3.05) is 4.90 Å². The third kappa shape index (κ3) is 3.43. The maximum absolute atomic E-state index is 13.1. The van der Waals surface area contributed by atoms with Gasteiger partial charge in [0.15, 0.2) is 0 Å². The van der Waals surface area contributed by atoms with E-state index in [4.69, 9.17) is 0 Å². The third-order valence-electron chi connectivity index (χ3n) is 4.79. The lowest BCUT2D eigenvalue weighted by Crippen LogP contribution is -2.36. The zero-order chi connectivity index (χ0) is 18.0. The summed E-state index contributed by atoms with van der Waals surface area (Å²) in [6.07, 6.45) is 1.72. The van der Waals surface area contributed by atoms with Gasteiger partial charge in [0.1, 0.15) is 0 Å². The fourth-order valence-corrected chi connectivity index (χ4v) is 3.22. The molecule has 4 nitrogen and oxygen atoms in total. The van der Waals surface area contributed by atoms with Crippen LogP contribution in [-0.2, 0) is 6.42 Å². The normalized spacial score (nSPS) is 17.1. The molecule has 1 N–H and O–H groups in total. The van der Waals surface area contributed by atoms with Gasteiger partial charge in [-0.1, -0.05) is 31.2 Å². The summed E-state index contributed by atoms with van der Waals surface area (Å²) in [5, 5.41) is 2.94. The van der Waals surface area contributed by atoms with Gasteiger partial charge in [-0.2, -0.15) is 0 Å². The van der Waals surface area contributed by atoms with Gasteiger partial charge in [0.25, 0.3) is 11.8 Å². The second kappa shape index (κ2) is 7.09. The molecule has 2 atom stereocenters. The molecule has 2 unspecified atom stereocenters. The number of nitrogens with zero attached hydrogens (tertiary/aromatic N) is 1. The Kier molecular flexibility index (Phi) is 4.88. The van der Waals surface area contributed by atoms with Crippen molar-refractivity contribution in [2.45, 2.75) is 45.7 Å². The highest BCUT2D eigenvalue weighted by Crippen LogP contribution is 2.33. The van der Waals surface area contributed by atoms with Crippen molar-refractivity contribution in [1.82, 2.24) is 5.32 Å². The molecule has 2 amide bonds. The van der Waals surface area contributed by atoms with Crippen LogP contribution >= 0.6 is 0 Å². The number of benzene rings is 2. The minimum Gasteiger partial charge on any atom is -0.350 e. The van der Waals surface area contributed by atoms with Crippen LogP contribution in [0.15, 0.2) is 48.5 Å². The van der Waals surface area contributed by atoms with Crippen molar-refractivity contribution in [1.29, 1.82) is 0 Å². The molecule has 2 aromatic carbocycles. The predicted octanol–water partition coefficient (Wildman–Crippen LogP) is 3.81. The number of para-hydroxylation sites is 1. The molecule has 0 saturated carbocycles. The number of rotatable bonds is 4. The molecule has 0 spiro atoms. The Bertz CT molecular complexity index is 800. The lowest BCUT2D eigenvalue weighted by Gasteiger charge is -2.23. The van der Waals surface area contributed by atoms with Gasteiger partial charge >= 0.3 is 0 Å². The Morgan fingerprint density at radius 2 is 1.88 bits per heavy atom. The molecular weight excluding hydrogens is 312 g/mol. The second-order valence-electron chi connectivity index (χ2n) is 6.72. The average Bonchev–Trinajstić information content (AvgIpc) is 2.96. The topological polar surface area (TPSA) is 49.4 Å². The number of hydrogen-bond donors (Lipinski definition) is 1. The van der Waals surface area contributed by atoms with Gasteiger partial charge < -0.3 is 10.2 Å². The maximum Gasteiger partial charge on any atom is 0.258 e. The molecule has 2 aromatic rings. The van der Waals surface area contributed by atoms with Crippen molar-refractivity contribution in [3.05, 3.63) is 65.2 Å². The fourth-order valence-electron chi connectivity index (χ4n) is 3.22. The van der Waals surface area contributed by atoms with Crippen LogP contribution < -0.4 is 10.2 Å². The Morgan fingerprint density at radius 3 is 2.64 bits per heavy atom. The minimum absolute atomic E-state index is 0.0596. The molecule has 25 heavy (non-hydrogen) atoms. The largest absolute Gasteiger partial charge is 0.350 e. The van der Waals surface area contributed by atoms with Crippen LogP contribution in [0.1, 0.15) is 53.5 Å². The molecule has 1 aliphatic heterocycles. The van der Waals surface area contributed by atoms with E-state index in [2.05, 4.69) is 18.3 Å². The van der Waals surface area contributed by atoms with Crippen molar-refractivity contribution in [3.8, 4) is 0 Å². The Morgan fingerprint density at radius 1 is 1.16 bits per heavy atom. The second-order valence-corrected chi connectivity index (χ2v) is 6.72. The zero-order valence-corrected chi connectivity index (χ0v) is 15.0. The predicted molar refractivity (Wildman–Crippen MR) is 100 cm³/mol. The highest BCUT2D eigenvalue weighted by molar-refractivity contribution is 6.09. The summed E-state index contributed by atoms with van der Waals surface area (Å²) in [6, 6.07) is 15.2. The zero-order valence-electron chi connectivity index (χ0n) is 15.0. The molecule has 130 valence electrons. The molecule has 1 heterocycles. The molecule has 0 aliphatic carbocycles. The summed E-state index contributed by atoms with van der Waals surface area (Å²) in [7, 11) is 0. The SMILES string of the molecule is CCC(C)NC(=O)c1cccc(C(=O)N2c3ccccc3CC2C)c1. The van der Waals surface area contributed by atoms with E-state index in [1.807, 2.05) is 36.9 Å². The molecule has 4 heteroatoms. The maximum atomic E-state index is 13.1. The van der Waals surface area contributed by atoms with Crippen LogP contribution in [-0.4, -0.2) is 23.9 Å². The van der Waals surface area contributed by atoms with Crippen LogP contribution in [0.3, 0.4) is 0 Å². The number of carbonyl (C=O) groups excluding carboxylic acids is 2. The van der Waals surface area contributed by atoms with Crippen LogP contribution in [0.5, 0.6) is 0 Å². The lowest BCUT2D eigenvalue weighted by atomic mass is 10.1. The van der Waals surface area contributed by atoms with E-state index in [-0.39, 0.29) is 23.9 Å². The molecule has 3 rings (SSSR count). The van der Waals surface area contributed by atoms with E-state index in [9.17, 15) is 9.59 Å². The highest BCUT2D eigenvalue weighted by Gasteiger charge is 2.31. The molecular formula is C21H24N2O2. The lowest BCUT2D eigenvalue weighted by molar-refractivity contribution is 0.0939. The molecule has 0 saturated heterocycles. The first-order valence-corrected chi connectivity index (χ1v) is 8.83. The first-order valence-electron chi connectivity index (χ1n) is 8.83. The van der Waals surface area contributed by atoms with Gasteiger partial charge in [0.2, 0.25) is 0 Å². The Balaban J connectivity index is 1.86. The summed E-state index contributed by atoms with van der Waals surface area (Å²) >= 11 is 0. The van der Waals surface area contributed by atoms with Crippen molar-refractivity contribution in [2.24, 2.45) is 0 Å². The minimum atomic E-state index is -0.140. The standard InChI is InChI=1S/C21H24N2O2/c1-4-14(2)22-20(24)17-9-7-10-18(13-17)21(25)23-15(3)12-16-8-5-6-11-19(16)23/h5-11,13-15H,4,12H2,1-3H3,(H,22,24). The van der Waals surface area contributed by atoms with E-state index in [0.717, 1.165) is 18.5 Å². The first kappa shape index (κ1) is 17.2. The number of fused-ring (bicyclic) bond motifs is 1. The summed E-state index contributed by atoms with van der Waals surface area (Å²) in [5.41, 5.74) is 3.22. The van der Waals surface area contributed by atoms with Crippen molar-refractivity contribution >= 4 is 17.5 Å². The van der Waals surface area contributed by atoms with Gasteiger partial charge in [-0.15, -0.1) is 0 Å². The van der Waals surface area contributed by atoms with Gasteiger partial charge in [0, 0.05) is 28.9 Å². The monoisotopic (exact) mass is 336 g/mol. The van der Waals surface area contributed by atoms with Gasteiger partial charge in [-0.3, -0.25) is 9.59 Å². The summed E-state index contributed by atoms with van der Waals surface area (Å²) < 4.78 is 0. The quantitative estimate of drug-likeness (QED) is 0.923. The van der Waals surface area contributed by atoms with E-state index < -0.39 is 0 Å². The van der Waals surface area contributed by atoms with E-state index >= 15 is 0 Å². The van der Waals surface area contributed by atoms with Gasteiger partial charge in [-0.05, 0) is 56.5 Å². The summed E-state index contributed by atoms with van der Waals surface area (Å²) in [4.78, 5) is 27.2. The fraction of sp³-hybridized carbons (Fsp3) is 0.333. The highest BCUT2D eigenvalue weighted by atomic mass is 16.2. The number of amides is 2. The number of nitrogens with one attached hydrogen (secondary N) is 1. The van der Waals surface area contributed by atoms with E-state index in [0.29, 0.717) is 11.1 Å². The third-order valence-corrected chi connectivity index (χ3v) is 4.79. The smallest absolute Gasteiger partial charge is 0.258 e. The molecule has 1 aliphatic rings. The Labute approximate surface area is 148 Å². The van der Waals surface area contributed by atoms with E-state index in [1.165, 1.54) is 5.56 Å². The summed E-state index contributed by atoms with van der Waals surface area (Å²) in [6.45, 7) is 6.05. The first-order chi connectivity index (χ1) is 12.0. The van der Waals surface area contributed by atoms with Crippen LogP contribution in [0.2, 0.25) is 0 Å². The molecule has 0 fully saturated rings. The average molecular weight is 336 g/mol. The van der Waals surface area contributed by atoms with Crippen LogP contribution in [0.4, 0.5) is 5.69 Å². The van der Waals surface area contributed by atoms with E-state index in [1.54, 1.807) is 24.3 Å². The molecule has 0 radical (unpaired) electrons. The van der Waals surface area contributed by atoms with Crippen LogP contribution in [0.25, 0.3) is 0 Å². The summed E-state index contributed by atoms with van der Waals surface area (Å²) in [5.74, 6) is -0.200. The van der Waals surface area contributed by atoms with Crippen LogP contribution in [0, 0.1) is 0 Å².